The van der Waals surface area contributed by atoms with E-state index < -0.39 is 5.66 Å². The average Bonchev–Trinajstić information content (AvgIpc) is 3.13. The number of halogens is 1. The molecule has 2 aromatic rings. The predicted molar refractivity (Wildman–Crippen MR) is 132 cm³/mol. The van der Waals surface area contributed by atoms with Crippen LogP contribution in [0.2, 0.25) is 5.02 Å². The third kappa shape index (κ3) is 3.80. The summed E-state index contributed by atoms with van der Waals surface area (Å²) in [6.45, 7) is 5.24. The van der Waals surface area contributed by atoms with Crippen LogP contribution in [0.4, 0.5) is 17.1 Å². The Labute approximate surface area is 204 Å². The maximum atomic E-state index is 13.4. The van der Waals surface area contributed by atoms with Gasteiger partial charge in [0, 0.05) is 37.6 Å². The summed E-state index contributed by atoms with van der Waals surface area (Å²) in [4.78, 5) is 47.1. The number of amides is 3. The van der Waals surface area contributed by atoms with E-state index in [0.717, 1.165) is 31.9 Å². The fourth-order valence-corrected chi connectivity index (χ4v) is 5.38. The van der Waals surface area contributed by atoms with Gasteiger partial charge in [-0.3, -0.25) is 19.3 Å². The minimum atomic E-state index is -0.880. The van der Waals surface area contributed by atoms with Crippen LogP contribution in [0.15, 0.2) is 42.5 Å². The zero-order valence-corrected chi connectivity index (χ0v) is 20.1. The van der Waals surface area contributed by atoms with Gasteiger partial charge in [-0.15, -0.1) is 0 Å². The van der Waals surface area contributed by atoms with Crippen LogP contribution in [-0.4, -0.2) is 73.0 Å². The Balaban J connectivity index is 1.41. The highest BCUT2D eigenvalue weighted by molar-refractivity contribution is 6.31. The summed E-state index contributed by atoms with van der Waals surface area (Å²) in [6.07, 6.45) is 0.807. The molecule has 3 aliphatic heterocycles. The number of nitrogens with one attached hydrogen (secondary N) is 1. The van der Waals surface area contributed by atoms with Gasteiger partial charge in [-0.2, -0.15) is 0 Å². The molecule has 34 heavy (non-hydrogen) atoms. The SMILES string of the molecule is CN1CCN(c2ccc(Cl)cc2NC(=O)CN2C(=O)c3ccccc3N3C(=O)CCC23C)CC1. The third-order valence-electron chi connectivity index (χ3n) is 7.12. The van der Waals surface area contributed by atoms with Crippen LogP contribution < -0.4 is 15.1 Å². The molecule has 9 heteroatoms. The molecule has 8 nitrogen and oxygen atoms in total. The fourth-order valence-electron chi connectivity index (χ4n) is 5.21. The molecule has 0 bridgehead atoms. The van der Waals surface area contributed by atoms with Gasteiger partial charge >= 0.3 is 0 Å². The Morgan fingerprint density at radius 3 is 2.56 bits per heavy atom. The van der Waals surface area contributed by atoms with E-state index in [4.69, 9.17) is 11.6 Å². The van der Waals surface area contributed by atoms with Crippen molar-refractivity contribution in [1.29, 1.82) is 0 Å². The molecule has 1 atom stereocenters. The van der Waals surface area contributed by atoms with Crippen molar-refractivity contribution in [2.45, 2.75) is 25.4 Å². The second kappa shape index (κ2) is 8.60. The molecule has 3 amide bonds. The van der Waals surface area contributed by atoms with E-state index in [9.17, 15) is 14.4 Å². The van der Waals surface area contributed by atoms with Crippen molar-refractivity contribution in [1.82, 2.24) is 9.80 Å². The minimum Gasteiger partial charge on any atom is -0.367 e. The van der Waals surface area contributed by atoms with Crippen molar-refractivity contribution in [3.05, 3.63) is 53.1 Å². The zero-order valence-electron chi connectivity index (χ0n) is 19.4. The predicted octanol–water partition coefficient (Wildman–Crippen LogP) is 3.03. The maximum absolute atomic E-state index is 13.4. The maximum Gasteiger partial charge on any atom is 0.258 e. The van der Waals surface area contributed by atoms with Gasteiger partial charge in [-0.25, -0.2) is 0 Å². The van der Waals surface area contributed by atoms with Crippen LogP contribution in [0.5, 0.6) is 0 Å². The van der Waals surface area contributed by atoms with Crippen LogP contribution in [0.3, 0.4) is 0 Å². The van der Waals surface area contributed by atoms with E-state index in [-0.39, 0.29) is 24.3 Å². The molecule has 2 fully saturated rings. The molecule has 2 aromatic carbocycles. The lowest BCUT2D eigenvalue weighted by molar-refractivity contribution is -0.120. The van der Waals surface area contributed by atoms with Crippen molar-refractivity contribution >= 4 is 46.4 Å². The first kappa shape index (κ1) is 22.7. The summed E-state index contributed by atoms with van der Waals surface area (Å²) in [5.74, 6) is -0.615. The molecule has 0 spiro atoms. The number of carbonyl (C=O) groups is 3. The molecule has 3 aliphatic rings. The number of likely N-dealkylation sites (N-methyl/N-ethyl adjacent to an activating group) is 1. The standard InChI is InChI=1S/C25H28ClN5O3/c1-25-10-9-23(33)31(25)20-6-4-3-5-18(20)24(34)30(25)16-22(32)27-19-15-17(26)7-8-21(19)29-13-11-28(2)12-14-29/h3-8,15H,9-14,16H2,1-2H3,(H,27,32). The summed E-state index contributed by atoms with van der Waals surface area (Å²) in [5, 5.41) is 3.51. The van der Waals surface area contributed by atoms with Crippen molar-refractivity contribution in [3.63, 3.8) is 0 Å². The number of anilines is 3. The third-order valence-corrected chi connectivity index (χ3v) is 7.36. The van der Waals surface area contributed by atoms with Gasteiger partial charge in [0.1, 0.15) is 12.2 Å². The van der Waals surface area contributed by atoms with Crippen LogP contribution >= 0.6 is 11.6 Å². The van der Waals surface area contributed by atoms with Gasteiger partial charge < -0.3 is 20.0 Å². The molecule has 0 aromatic heterocycles. The van der Waals surface area contributed by atoms with E-state index in [0.29, 0.717) is 34.8 Å². The fraction of sp³-hybridized carbons (Fsp3) is 0.400. The van der Waals surface area contributed by atoms with Gasteiger partial charge in [0.05, 0.1) is 22.6 Å². The van der Waals surface area contributed by atoms with Gasteiger partial charge in [-0.1, -0.05) is 23.7 Å². The first-order valence-corrected chi connectivity index (χ1v) is 11.9. The molecule has 0 saturated carbocycles. The number of piperazine rings is 1. The highest BCUT2D eigenvalue weighted by atomic mass is 35.5. The average molecular weight is 482 g/mol. The monoisotopic (exact) mass is 481 g/mol. The number of hydrogen-bond donors (Lipinski definition) is 1. The number of fused-ring (bicyclic) bond motifs is 3. The number of nitrogens with zero attached hydrogens (tertiary/aromatic N) is 4. The Bertz CT molecular complexity index is 1160. The lowest BCUT2D eigenvalue weighted by Crippen LogP contribution is -2.63. The van der Waals surface area contributed by atoms with Crippen LogP contribution in [0, 0.1) is 0 Å². The lowest BCUT2D eigenvalue weighted by atomic mass is 9.98. The summed E-state index contributed by atoms with van der Waals surface area (Å²) in [5.41, 5.74) is 1.70. The highest BCUT2D eigenvalue weighted by Gasteiger charge is 2.53. The molecule has 1 unspecified atom stereocenters. The Morgan fingerprint density at radius 2 is 1.79 bits per heavy atom. The largest absolute Gasteiger partial charge is 0.367 e. The van der Waals surface area contributed by atoms with E-state index in [1.165, 1.54) is 4.90 Å². The number of carbonyl (C=O) groups excluding carboxylic acids is 3. The molecule has 5 rings (SSSR count). The van der Waals surface area contributed by atoms with Crippen LogP contribution in [0.1, 0.15) is 30.1 Å². The lowest BCUT2D eigenvalue weighted by Gasteiger charge is -2.48. The van der Waals surface area contributed by atoms with E-state index in [1.807, 2.05) is 25.1 Å². The summed E-state index contributed by atoms with van der Waals surface area (Å²) in [7, 11) is 2.09. The number of benzene rings is 2. The zero-order chi connectivity index (χ0) is 24.0. The van der Waals surface area contributed by atoms with E-state index >= 15 is 0 Å². The second-order valence-electron chi connectivity index (χ2n) is 9.35. The van der Waals surface area contributed by atoms with Crippen molar-refractivity contribution in [2.24, 2.45) is 0 Å². The molecule has 0 radical (unpaired) electrons. The minimum absolute atomic E-state index is 0.0416. The van der Waals surface area contributed by atoms with Gasteiger partial charge in [-0.05, 0) is 50.7 Å². The normalized spacial score (nSPS) is 22.6. The van der Waals surface area contributed by atoms with Crippen molar-refractivity contribution in [2.75, 3.05) is 54.9 Å². The van der Waals surface area contributed by atoms with Gasteiger partial charge in [0.2, 0.25) is 11.8 Å². The Morgan fingerprint density at radius 1 is 1.06 bits per heavy atom. The molecular weight excluding hydrogens is 454 g/mol. The summed E-state index contributed by atoms with van der Waals surface area (Å²) in [6, 6.07) is 12.6. The quantitative estimate of drug-likeness (QED) is 0.726. The van der Waals surface area contributed by atoms with Crippen LogP contribution in [0.25, 0.3) is 0 Å². The number of hydrogen-bond acceptors (Lipinski definition) is 5. The number of para-hydroxylation sites is 1. The van der Waals surface area contributed by atoms with E-state index in [1.54, 1.807) is 29.2 Å². The topological polar surface area (TPSA) is 76.2 Å². The first-order chi connectivity index (χ1) is 16.3. The van der Waals surface area contributed by atoms with Crippen LogP contribution in [-0.2, 0) is 9.59 Å². The Kier molecular flexibility index (Phi) is 5.73. The molecule has 1 N–H and O–H groups in total. The van der Waals surface area contributed by atoms with E-state index in [2.05, 4.69) is 22.2 Å². The summed E-state index contributed by atoms with van der Waals surface area (Å²) < 4.78 is 0. The van der Waals surface area contributed by atoms with Crippen molar-refractivity contribution < 1.29 is 14.4 Å². The smallest absolute Gasteiger partial charge is 0.258 e. The van der Waals surface area contributed by atoms with Crippen molar-refractivity contribution in [3.8, 4) is 0 Å². The molecular formula is C25H28ClN5O3. The Hall–Kier alpha value is -3.10. The first-order valence-electron chi connectivity index (χ1n) is 11.5. The molecule has 0 aliphatic carbocycles. The summed E-state index contributed by atoms with van der Waals surface area (Å²) >= 11 is 6.26. The molecule has 2 saturated heterocycles. The number of rotatable bonds is 4. The molecule has 3 heterocycles. The second-order valence-corrected chi connectivity index (χ2v) is 9.79. The molecule has 178 valence electrons. The van der Waals surface area contributed by atoms with Gasteiger partial charge in [0.15, 0.2) is 0 Å². The highest BCUT2D eigenvalue weighted by Crippen LogP contribution is 2.44. The van der Waals surface area contributed by atoms with Gasteiger partial charge in [0.25, 0.3) is 5.91 Å².